The minimum Gasteiger partial charge on any atom is -0.394 e. The lowest BCUT2D eigenvalue weighted by molar-refractivity contribution is 0.150. The van der Waals surface area contributed by atoms with Crippen LogP contribution in [-0.2, 0) is 0 Å². The van der Waals surface area contributed by atoms with Crippen molar-refractivity contribution in [1.29, 1.82) is 0 Å². The average Bonchev–Trinajstić information content (AvgIpc) is 2.14. The monoisotopic (exact) mass is 216 g/mol. The minimum atomic E-state index is -0.125. The zero-order chi connectivity index (χ0) is 11.9. The van der Waals surface area contributed by atoms with Crippen LogP contribution in [0.15, 0.2) is 0 Å². The van der Waals surface area contributed by atoms with Crippen LogP contribution < -0.4 is 5.32 Å². The van der Waals surface area contributed by atoms with Crippen molar-refractivity contribution in [3.63, 3.8) is 0 Å². The van der Waals surface area contributed by atoms with Gasteiger partial charge >= 0.3 is 0 Å². The largest absolute Gasteiger partial charge is 0.394 e. The number of hydrogen-bond acceptors (Lipinski definition) is 3. The van der Waals surface area contributed by atoms with Crippen LogP contribution in [0.25, 0.3) is 0 Å². The fourth-order valence-corrected chi connectivity index (χ4v) is 1.80. The molecule has 1 unspecified atom stereocenters. The van der Waals surface area contributed by atoms with Crippen LogP contribution in [0.1, 0.15) is 34.1 Å². The number of aliphatic hydroxyl groups excluding tert-OH is 1. The summed E-state index contributed by atoms with van der Waals surface area (Å²) in [5.74, 6) is 0.703. The van der Waals surface area contributed by atoms with Gasteiger partial charge in [0.25, 0.3) is 0 Å². The second kappa shape index (κ2) is 7.20. The molecule has 0 heterocycles. The molecule has 0 aromatic carbocycles. The zero-order valence-corrected chi connectivity index (χ0v) is 11.0. The summed E-state index contributed by atoms with van der Waals surface area (Å²) in [6.07, 6.45) is 0.987. The van der Waals surface area contributed by atoms with Crippen LogP contribution in [0, 0.1) is 5.92 Å². The van der Waals surface area contributed by atoms with E-state index >= 15 is 0 Å². The third-order valence-electron chi connectivity index (χ3n) is 2.67. The molecule has 0 saturated heterocycles. The van der Waals surface area contributed by atoms with Crippen LogP contribution in [0.2, 0.25) is 0 Å². The Bertz CT molecular complexity index is 162. The summed E-state index contributed by atoms with van der Waals surface area (Å²) in [6.45, 7) is 11.9. The standard InChI is InChI=1S/C12H28N2O/c1-6-13-12(4,10-15)7-8-14(5)9-11(2)3/h11,13,15H,6-10H2,1-5H3. The minimum absolute atomic E-state index is 0.125. The van der Waals surface area contributed by atoms with Gasteiger partial charge in [0.05, 0.1) is 6.61 Å². The Labute approximate surface area is 94.9 Å². The van der Waals surface area contributed by atoms with Crippen molar-refractivity contribution in [3.8, 4) is 0 Å². The lowest BCUT2D eigenvalue weighted by Crippen LogP contribution is -2.47. The first-order valence-electron chi connectivity index (χ1n) is 5.98. The third-order valence-corrected chi connectivity index (χ3v) is 2.67. The SMILES string of the molecule is CCNC(C)(CO)CCN(C)CC(C)C. The maximum absolute atomic E-state index is 9.33. The molecule has 0 bridgehead atoms. The van der Waals surface area contributed by atoms with Gasteiger partial charge < -0.3 is 15.3 Å². The van der Waals surface area contributed by atoms with Gasteiger partial charge in [0.1, 0.15) is 0 Å². The fourth-order valence-electron chi connectivity index (χ4n) is 1.80. The van der Waals surface area contributed by atoms with Crippen molar-refractivity contribution in [2.45, 2.75) is 39.7 Å². The molecular weight excluding hydrogens is 188 g/mol. The topological polar surface area (TPSA) is 35.5 Å². The number of nitrogens with one attached hydrogen (secondary N) is 1. The highest BCUT2D eigenvalue weighted by Gasteiger charge is 2.21. The number of nitrogens with zero attached hydrogens (tertiary/aromatic N) is 1. The molecule has 0 amide bonds. The van der Waals surface area contributed by atoms with Crippen molar-refractivity contribution >= 4 is 0 Å². The number of aliphatic hydroxyl groups is 1. The van der Waals surface area contributed by atoms with Crippen LogP contribution in [0.4, 0.5) is 0 Å². The van der Waals surface area contributed by atoms with Gasteiger partial charge in [0.2, 0.25) is 0 Å². The molecule has 0 aliphatic carbocycles. The van der Waals surface area contributed by atoms with Crippen LogP contribution in [0.3, 0.4) is 0 Å². The highest BCUT2D eigenvalue weighted by atomic mass is 16.3. The van der Waals surface area contributed by atoms with Crippen molar-refractivity contribution in [2.75, 3.05) is 33.3 Å². The molecule has 3 heteroatoms. The second-order valence-corrected chi connectivity index (χ2v) is 5.16. The molecule has 0 spiro atoms. The Balaban J connectivity index is 3.88. The van der Waals surface area contributed by atoms with E-state index in [1.807, 2.05) is 0 Å². The lowest BCUT2D eigenvalue weighted by Gasteiger charge is -2.31. The second-order valence-electron chi connectivity index (χ2n) is 5.16. The lowest BCUT2D eigenvalue weighted by atomic mass is 9.98. The van der Waals surface area contributed by atoms with Crippen LogP contribution in [-0.4, -0.2) is 48.8 Å². The highest BCUT2D eigenvalue weighted by molar-refractivity contribution is 4.82. The molecule has 0 aliphatic heterocycles. The number of rotatable bonds is 8. The Morgan fingerprint density at radius 1 is 1.40 bits per heavy atom. The van der Waals surface area contributed by atoms with Crippen molar-refractivity contribution in [1.82, 2.24) is 10.2 Å². The maximum Gasteiger partial charge on any atom is 0.0611 e. The van der Waals surface area contributed by atoms with E-state index in [2.05, 4.69) is 45.0 Å². The number of hydrogen-bond donors (Lipinski definition) is 2. The highest BCUT2D eigenvalue weighted by Crippen LogP contribution is 2.09. The number of likely N-dealkylation sites (N-methyl/N-ethyl adjacent to an activating group) is 1. The summed E-state index contributed by atoms with van der Waals surface area (Å²) >= 11 is 0. The predicted octanol–water partition coefficient (Wildman–Crippen LogP) is 1.32. The van der Waals surface area contributed by atoms with E-state index in [-0.39, 0.29) is 12.1 Å². The predicted molar refractivity (Wildman–Crippen MR) is 66.1 cm³/mol. The summed E-state index contributed by atoms with van der Waals surface area (Å²) in [5.41, 5.74) is -0.125. The van der Waals surface area contributed by atoms with Gasteiger partial charge in [-0.3, -0.25) is 0 Å². The average molecular weight is 216 g/mol. The third kappa shape index (κ3) is 6.88. The summed E-state index contributed by atoms with van der Waals surface area (Å²) in [6, 6.07) is 0. The van der Waals surface area contributed by atoms with E-state index in [1.165, 1.54) is 0 Å². The van der Waals surface area contributed by atoms with E-state index in [9.17, 15) is 5.11 Å². The Morgan fingerprint density at radius 3 is 2.40 bits per heavy atom. The van der Waals surface area contributed by atoms with E-state index < -0.39 is 0 Å². The molecule has 0 aromatic heterocycles. The van der Waals surface area contributed by atoms with Gasteiger partial charge in [-0.05, 0) is 39.4 Å². The van der Waals surface area contributed by atoms with Crippen molar-refractivity contribution < 1.29 is 5.11 Å². The van der Waals surface area contributed by atoms with Gasteiger partial charge in [0.15, 0.2) is 0 Å². The first-order valence-corrected chi connectivity index (χ1v) is 5.98. The molecule has 2 N–H and O–H groups in total. The molecule has 0 radical (unpaired) electrons. The van der Waals surface area contributed by atoms with Gasteiger partial charge in [0, 0.05) is 12.1 Å². The molecule has 92 valence electrons. The molecular formula is C12H28N2O. The smallest absolute Gasteiger partial charge is 0.0611 e. The Kier molecular flexibility index (Phi) is 7.14. The summed E-state index contributed by atoms with van der Waals surface area (Å²) in [4.78, 5) is 2.33. The van der Waals surface area contributed by atoms with Gasteiger partial charge in [-0.15, -0.1) is 0 Å². The summed E-state index contributed by atoms with van der Waals surface area (Å²) in [7, 11) is 2.14. The first-order chi connectivity index (χ1) is 6.93. The quantitative estimate of drug-likeness (QED) is 0.642. The van der Waals surface area contributed by atoms with Gasteiger partial charge in [-0.1, -0.05) is 20.8 Å². The molecule has 3 nitrogen and oxygen atoms in total. The first kappa shape index (κ1) is 14.9. The molecule has 0 saturated carbocycles. The Hall–Kier alpha value is -0.120. The normalized spacial score (nSPS) is 16.0. The summed E-state index contributed by atoms with van der Waals surface area (Å²) in [5, 5.41) is 12.7. The Morgan fingerprint density at radius 2 is 2.00 bits per heavy atom. The molecule has 0 fully saturated rings. The molecule has 15 heavy (non-hydrogen) atoms. The van der Waals surface area contributed by atoms with Crippen LogP contribution >= 0.6 is 0 Å². The van der Waals surface area contributed by atoms with E-state index in [0.717, 1.165) is 26.1 Å². The van der Waals surface area contributed by atoms with Gasteiger partial charge in [-0.2, -0.15) is 0 Å². The maximum atomic E-state index is 9.33. The van der Waals surface area contributed by atoms with E-state index in [1.54, 1.807) is 0 Å². The van der Waals surface area contributed by atoms with Crippen LogP contribution in [0.5, 0.6) is 0 Å². The fraction of sp³-hybridized carbons (Fsp3) is 1.00. The molecule has 1 atom stereocenters. The van der Waals surface area contributed by atoms with Crippen molar-refractivity contribution in [3.05, 3.63) is 0 Å². The van der Waals surface area contributed by atoms with Crippen molar-refractivity contribution in [2.24, 2.45) is 5.92 Å². The molecule has 0 rings (SSSR count). The summed E-state index contributed by atoms with van der Waals surface area (Å²) < 4.78 is 0. The van der Waals surface area contributed by atoms with E-state index in [0.29, 0.717) is 5.92 Å². The zero-order valence-electron chi connectivity index (χ0n) is 11.0. The van der Waals surface area contributed by atoms with E-state index in [4.69, 9.17) is 0 Å². The molecule has 0 aliphatic rings. The molecule has 0 aromatic rings. The van der Waals surface area contributed by atoms with Gasteiger partial charge in [-0.25, -0.2) is 0 Å².